The number of hydrogen-bond acceptors (Lipinski definition) is 5. The standard InChI is InChI=1S/C22H28ClN3O5S/c1-15-9-10-20(31-4)19(11-15)26(32(5,29)30)14-21(27)25(16(2)22(28)24-3)13-17-7-6-8-18(23)12-17/h6-12,16H,13-14H2,1-5H3,(H,24,28)/t16-/m0/s1. The topological polar surface area (TPSA) is 96.0 Å². The van der Waals surface area contributed by atoms with Crippen LogP contribution in [0.15, 0.2) is 42.5 Å². The molecule has 0 unspecified atom stereocenters. The van der Waals surface area contributed by atoms with Gasteiger partial charge in [-0.2, -0.15) is 0 Å². The summed E-state index contributed by atoms with van der Waals surface area (Å²) in [5.41, 5.74) is 1.76. The first kappa shape index (κ1) is 25.5. The SMILES string of the molecule is CNC(=O)[C@H](C)N(Cc1cccc(Cl)c1)C(=O)CN(c1cc(C)ccc1OC)S(C)(=O)=O. The van der Waals surface area contributed by atoms with Gasteiger partial charge in [-0.3, -0.25) is 13.9 Å². The van der Waals surface area contributed by atoms with E-state index in [0.29, 0.717) is 16.3 Å². The van der Waals surface area contributed by atoms with Crippen molar-refractivity contribution in [1.29, 1.82) is 0 Å². The van der Waals surface area contributed by atoms with Crippen molar-refractivity contribution in [2.75, 3.05) is 31.3 Å². The first-order chi connectivity index (χ1) is 15.0. The Morgan fingerprint density at radius 1 is 1.19 bits per heavy atom. The van der Waals surface area contributed by atoms with Crippen molar-refractivity contribution in [3.05, 3.63) is 58.6 Å². The number of hydrogen-bond donors (Lipinski definition) is 1. The summed E-state index contributed by atoms with van der Waals surface area (Å²) in [6.07, 6.45) is 1.02. The number of carbonyl (C=O) groups excluding carboxylic acids is 2. The number of amides is 2. The Morgan fingerprint density at radius 2 is 1.88 bits per heavy atom. The van der Waals surface area contributed by atoms with Crippen LogP contribution >= 0.6 is 11.6 Å². The lowest BCUT2D eigenvalue weighted by Gasteiger charge is -2.31. The van der Waals surface area contributed by atoms with Gasteiger partial charge >= 0.3 is 0 Å². The molecule has 2 amide bonds. The van der Waals surface area contributed by atoms with E-state index in [9.17, 15) is 18.0 Å². The number of ether oxygens (including phenoxy) is 1. The molecule has 2 aromatic rings. The molecule has 0 bridgehead atoms. The van der Waals surface area contributed by atoms with E-state index in [1.165, 1.54) is 19.1 Å². The molecule has 0 saturated carbocycles. The molecule has 32 heavy (non-hydrogen) atoms. The molecular weight excluding hydrogens is 454 g/mol. The van der Waals surface area contributed by atoms with Gasteiger partial charge in [0.25, 0.3) is 0 Å². The highest BCUT2D eigenvalue weighted by atomic mass is 35.5. The third-order valence-corrected chi connectivity index (χ3v) is 6.30. The predicted molar refractivity (Wildman–Crippen MR) is 125 cm³/mol. The van der Waals surface area contributed by atoms with Crippen LogP contribution in [0.5, 0.6) is 5.75 Å². The average molecular weight is 482 g/mol. The summed E-state index contributed by atoms with van der Waals surface area (Å²) in [5.74, 6) is -0.607. The minimum atomic E-state index is -3.84. The van der Waals surface area contributed by atoms with Crippen molar-refractivity contribution < 1.29 is 22.7 Å². The number of carbonyl (C=O) groups is 2. The van der Waals surface area contributed by atoms with Crippen LogP contribution in [0.25, 0.3) is 0 Å². The van der Waals surface area contributed by atoms with Gasteiger partial charge in [-0.1, -0.05) is 29.8 Å². The summed E-state index contributed by atoms with van der Waals surface area (Å²) in [6.45, 7) is 2.97. The summed E-state index contributed by atoms with van der Waals surface area (Å²) >= 11 is 6.07. The number of rotatable bonds is 9. The van der Waals surface area contributed by atoms with Gasteiger partial charge in [-0.25, -0.2) is 8.42 Å². The molecule has 1 N–H and O–H groups in total. The summed E-state index contributed by atoms with van der Waals surface area (Å²) in [7, 11) is -0.943. The van der Waals surface area contributed by atoms with E-state index in [1.54, 1.807) is 49.4 Å². The van der Waals surface area contributed by atoms with Crippen LogP contribution in [0.3, 0.4) is 0 Å². The van der Waals surface area contributed by atoms with E-state index in [0.717, 1.165) is 16.1 Å². The fraction of sp³-hybridized carbons (Fsp3) is 0.364. The van der Waals surface area contributed by atoms with E-state index in [-0.39, 0.29) is 18.1 Å². The molecule has 0 radical (unpaired) electrons. The van der Waals surface area contributed by atoms with Gasteiger partial charge in [0.15, 0.2) is 0 Å². The highest BCUT2D eigenvalue weighted by Gasteiger charge is 2.30. The highest BCUT2D eigenvalue weighted by Crippen LogP contribution is 2.31. The molecule has 0 heterocycles. The van der Waals surface area contributed by atoms with Crippen LogP contribution in [-0.2, 0) is 26.2 Å². The maximum Gasteiger partial charge on any atom is 0.244 e. The third-order valence-electron chi connectivity index (χ3n) is 4.94. The van der Waals surface area contributed by atoms with Crippen molar-refractivity contribution in [1.82, 2.24) is 10.2 Å². The molecule has 8 nitrogen and oxygen atoms in total. The first-order valence-electron chi connectivity index (χ1n) is 9.85. The number of aryl methyl sites for hydroxylation is 1. The third kappa shape index (κ3) is 6.37. The normalized spacial score (nSPS) is 12.1. The Balaban J connectivity index is 2.46. The van der Waals surface area contributed by atoms with Gasteiger partial charge in [-0.15, -0.1) is 0 Å². The van der Waals surface area contributed by atoms with Crippen molar-refractivity contribution in [2.45, 2.75) is 26.4 Å². The van der Waals surface area contributed by atoms with Gasteiger partial charge in [0.1, 0.15) is 18.3 Å². The number of anilines is 1. The lowest BCUT2D eigenvalue weighted by molar-refractivity contribution is -0.139. The molecule has 2 aromatic carbocycles. The number of nitrogens with zero attached hydrogens (tertiary/aromatic N) is 2. The molecule has 0 aliphatic carbocycles. The van der Waals surface area contributed by atoms with Gasteiger partial charge in [-0.05, 0) is 49.2 Å². The largest absolute Gasteiger partial charge is 0.495 e. The number of methoxy groups -OCH3 is 1. The van der Waals surface area contributed by atoms with Gasteiger partial charge < -0.3 is 15.0 Å². The minimum Gasteiger partial charge on any atom is -0.495 e. The molecule has 0 spiro atoms. The molecule has 10 heteroatoms. The van der Waals surface area contributed by atoms with Gasteiger partial charge in [0.2, 0.25) is 21.8 Å². The molecule has 0 aliphatic heterocycles. The number of benzene rings is 2. The molecule has 0 aromatic heterocycles. The summed E-state index contributed by atoms with van der Waals surface area (Å²) < 4.78 is 31.6. The number of nitrogens with one attached hydrogen (secondary N) is 1. The smallest absolute Gasteiger partial charge is 0.244 e. The summed E-state index contributed by atoms with van der Waals surface area (Å²) in [5, 5.41) is 3.02. The molecule has 2 rings (SSSR count). The Kier molecular flexibility index (Phi) is 8.51. The second kappa shape index (κ2) is 10.7. The van der Waals surface area contributed by atoms with E-state index in [4.69, 9.17) is 16.3 Å². The van der Waals surface area contributed by atoms with Gasteiger partial charge in [0.05, 0.1) is 19.1 Å². The maximum atomic E-state index is 13.4. The Bertz CT molecular complexity index is 1090. The van der Waals surface area contributed by atoms with Gasteiger partial charge in [0, 0.05) is 18.6 Å². The molecule has 1 atom stereocenters. The zero-order chi connectivity index (χ0) is 24.1. The van der Waals surface area contributed by atoms with Crippen LogP contribution in [0.4, 0.5) is 5.69 Å². The lowest BCUT2D eigenvalue weighted by Crippen LogP contribution is -2.50. The average Bonchev–Trinajstić information content (AvgIpc) is 2.73. The second-order valence-electron chi connectivity index (χ2n) is 7.39. The Labute approximate surface area is 194 Å². The van der Waals surface area contributed by atoms with Crippen LogP contribution in [0, 0.1) is 6.92 Å². The Hall–Kier alpha value is -2.78. The minimum absolute atomic E-state index is 0.0799. The summed E-state index contributed by atoms with van der Waals surface area (Å²) in [6, 6.07) is 11.1. The van der Waals surface area contributed by atoms with Crippen molar-refractivity contribution in [2.24, 2.45) is 0 Å². The first-order valence-corrected chi connectivity index (χ1v) is 12.1. The fourth-order valence-electron chi connectivity index (χ4n) is 3.21. The van der Waals surface area contributed by atoms with Crippen LogP contribution in [0.1, 0.15) is 18.1 Å². The fourth-order valence-corrected chi connectivity index (χ4v) is 4.27. The number of likely N-dealkylation sites (N-methyl/N-ethyl adjacent to an activating group) is 1. The van der Waals surface area contributed by atoms with Crippen LogP contribution < -0.4 is 14.4 Å². The number of halogens is 1. The molecule has 0 aliphatic rings. The highest BCUT2D eigenvalue weighted by molar-refractivity contribution is 7.92. The summed E-state index contributed by atoms with van der Waals surface area (Å²) in [4.78, 5) is 27.0. The second-order valence-corrected chi connectivity index (χ2v) is 9.73. The molecule has 0 saturated heterocycles. The zero-order valence-corrected chi connectivity index (χ0v) is 20.3. The lowest BCUT2D eigenvalue weighted by atomic mass is 10.1. The molecular formula is C22H28ClN3O5S. The van der Waals surface area contributed by atoms with E-state index >= 15 is 0 Å². The van der Waals surface area contributed by atoms with Crippen LogP contribution in [0.2, 0.25) is 5.02 Å². The van der Waals surface area contributed by atoms with E-state index in [2.05, 4.69) is 5.32 Å². The van der Waals surface area contributed by atoms with E-state index in [1.807, 2.05) is 6.92 Å². The van der Waals surface area contributed by atoms with E-state index < -0.39 is 28.5 Å². The monoisotopic (exact) mass is 481 g/mol. The van der Waals surface area contributed by atoms with Crippen LogP contribution in [-0.4, -0.2) is 58.1 Å². The quantitative estimate of drug-likeness (QED) is 0.594. The maximum absolute atomic E-state index is 13.4. The predicted octanol–water partition coefficient (Wildman–Crippen LogP) is 2.59. The van der Waals surface area contributed by atoms with Crippen molar-refractivity contribution >= 4 is 39.1 Å². The van der Waals surface area contributed by atoms with Crippen molar-refractivity contribution in [3.63, 3.8) is 0 Å². The zero-order valence-electron chi connectivity index (χ0n) is 18.8. The molecule has 0 fully saturated rings. The van der Waals surface area contributed by atoms with Crippen molar-refractivity contribution in [3.8, 4) is 5.75 Å². The number of sulfonamides is 1. The Morgan fingerprint density at radius 3 is 2.44 bits per heavy atom. The molecule has 174 valence electrons.